The number of rotatable bonds is 3. The molecule has 0 saturated carbocycles. The maximum Gasteiger partial charge on any atom is 0.252 e. The number of likely N-dealkylation sites (N-methyl/N-ethyl adjacent to an activating group) is 1. The highest BCUT2D eigenvalue weighted by Crippen LogP contribution is 2.02. The summed E-state index contributed by atoms with van der Waals surface area (Å²) in [5.74, 6) is 0.853. The van der Waals surface area contributed by atoms with E-state index in [4.69, 9.17) is 4.42 Å². The van der Waals surface area contributed by atoms with Gasteiger partial charge in [0.25, 0.3) is 5.91 Å². The molecule has 14 heavy (non-hydrogen) atoms. The molecule has 2 N–H and O–H groups in total. The Hall–Kier alpha value is -1.33. The van der Waals surface area contributed by atoms with E-state index in [2.05, 4.69) is 10.7 Å². The average molecular weight is 195 g/mol. The number of hydrazine groups is 1. The molecule has 1 atom stereocenters. The summed E-state index contributed by atoms with van der Waals surface area (Å²) in [4.78, 5) is 11.3. The summed E-state index contributed by atoms with van der Waals surface area (Å²) in [7, 11) is 1.84. The van der Waals surface area contributed by atoms with Crippen LogP contribution in [0.3, 0.4) is 0 Å². The highest BCUT2D eigenvalue weighted by molar-refractivity contribution is 5.83. The quantitative estimate of drug-likeness (QED) is 0.696. The van der Waals surface area contributed by atoms with Crippen molar-refractivity contribution in [3.63, 3.8) is 0 Å². The van der Waals surface area contributed by atoms with Gasteiger partial charge in [-0.05, 0) is 12.1 Å². The zero-order valence-corrected chi connectivity index (χ0v) is 7.99. The summed E-state index contributed by atoms with van der Waals surface area (Å²) in [5, 5.41) is 4.88. The average Bonchev–Trinajstić information content (AvgIpc) is 2.72. The number of nitrogens with zero attached hydrogens (tertiary/aromatic N) is 1. The van der Waals surface area contributed by atoms with Gasteiger partial charge in [-0.15, -0.1) is 0 Å². The molecule has 1 amide bonds. The number of amides is 1. The van der Waals surface area contributed by atoms with Crippen LogP contribution in [-0.4, -0.2) is 30.6 Å². The summed E-state index contributed by atoms with van der Waals surface area (Å²) in [6.07, 6.45) is 1.62. The number of hydrogen-bond donors (Lipinski definition) is 2. The first kappa shape index (κ1) is 9.23. The lowest BCUT2D eigenvalue weighted by Gasteiger charge is -2.07. The second-order valence-electron chi connectivity index (χ2n) is 3.37. The van der Waals surface area contributed by atoms with E-state index in [-0.39, 0.29) is 11.9 Å². The molecule has 1 fully saturated rings. The predicted octanol–water partition coefficient (Wildman–Crippen LogP) is -0.286. The molecule has 76 valence electrons. The van der Waals surface area contributed by atoms with Crippen molar-refractivity contribution >= 4 is 5.91 Å². The maximum atomic E-state index is 11.3. The summed E-state index contributed by atoms with van der Waals surface area (Å²) in [6.45, 7) is 1.26. The fourth-order valence-corrected chi connectivity index (χ4v) is 1.46. The van der Waals surface area contributed by atoms with E-state index < -0.39 is 0 Å². The number of nitrogens with one attached hydrogen (secondary N) is 2. The minimum Gasteiger partial charge on any atom is -0.468 e. The molecule has 1 aromatic heterocycles. The molecule has 1 aliphatic heterocycles. The van der Waals surface area contributed by atoms with Gasteiger partial charge in [0.2, 0.25) is 0 Å². The van der Waals surface area contributed by atoms with Crippen molar-refractivity contribution < 1.29 is 9.21 Å². The van der Waals surface area contributed by atoms with Crippen molar-refractivity contribution in [2.75, 3.05) is 13.6 Å². The second-order valence-corrected chi connectivity index (χ2v) is 3.37. The smallest absolute Gasteiger partial charge is 0.252 e. The van der Waals surface area contributed by atoms with E-state index in [0.717, 1.165) is 5.76 Å². The van der Waals surface area contributed by atoms with E-state index in [1.165, 1.54) is 0 Å². The maximum absolute atomic E-state index is 11.3. The first-order chi connectivity index (χ1) is 6.75. The summed E-state index contributed by atoms with van der Waals surface area (Å²) >= 11 is 0. The van der Waals surface area contributed by atoms with Gasteiger partial charge in [0.1, 0.15) is 11.8 Å². The molecule has 0 aliphatic carbocycles. The number of carbonyl (C=O) groups is 1. The third-order valence-corrected chi connectivity index (χ3v) is 2.18. The fourth-order valence-electron chi connectivity index (χ4n) is 1.46. The first-order valence-electron chi connectivity index (χ1n) is 4.53. The Morgan fingerprint density at radius 2 is 2.64 bits per heavy atom. The van der Waals surface area contributed by atoms with Crippen molar-refractivity contribution in [3.8, 4) is 0 Å². The molecule has 1 saturated heterocycles. The first-order valence-corrected chi connectivity index (χ1v) is 4.53. The van der Waals surface area contributed by atoms with Crippen LogP contribution in [0.25, 0.3) is 0 Å². The van der Waals surface area contributed by atoms with Crippen LogP contribution in [0.1, 0.15) is 5.76 Å². The minimum atomic E-state index is -0.148. The van der Waals surface area contributed by atoms with E-state index in [9.17, 15) is 4.79 Å². The highest BCUT2D eigenvalue weighted by Gasteiger charge is 2.27. The van der Waals surface area contributed by atoms with Crippen molar-refractivity contribution in [3.05, 3.63) is 24.2 Å². The Kier molecular flexibility index (Phi) is 2.51. The molecule has 1 aromatic rings. The molecule has 5 heteroatoms. The van der Waals surface area contributed by atoms with Gasteiger partial charge < -0.3 is 4.42 Å². The van der Waals surface area contributed by atoms with Crippen LogP contribution in [0, 0.1) is 0 Å². The Morgan fingerprint density at radius 3 is 3.21 bits per heavy atom. The Bertz CT molecular complexity index is 310. The van der Waals surface area contributed by atoms with Crippen molar-refractivity contribution in [2.45, 2.75) is 12.6 Å². The summed E-state index contributed by atoms with van der Waals surface area (Å²) in [6, 6.07) is 3.56. The van der Waals surface area contributed by atoms with Gasteiger partial charge in [-0.2, -0.15) is 0 Å². The van der Waals surface area contributed by atoms with Gasteiger partial charge in [-0.3, -0.25) is 15.5 Å². The van der Waals surface area contributed by atoms with Gasteiger partial charge >= 0.3 is 0 Å². The molecular weight excluding hydrogens is 182 g/mol. The molecule has 2 rings (SSSR count). The van der Waals surface area contributed by atoms with Gasteiger partial charge in [0.15, 0.2) is 0 Å². The molecule has 0 spiro atoms. The zero-order chi connectivity index (χ0) is 9.97. The van der Waals surface area contributed by atoms with Crippen LogP contribution in [0.5, 0.6) is 0 Å². The molecule has 0 aromatic carbocycles. The third kappa shape index (κ3) is 1.94. The van der Waals surface area contributed by atoms with Gasteiger partial charge in [0, 0.05) is 13.6 Å². The van der Waals surface area contributed by atoms with Gasteiger partial charge in [0.05, 0.1) is 12.8 Å². The molecule has 2 heterocycles. The number of furan rings is 1. The summed E-state index contributed by atoms with van der Waals surface area (Å²) in [5.41, 5.74) is 2.70. The van der Waals surface area contributed by atoms with Gasteiger partial charge in [-0.1, -0.05) is 0 Å². The van der Waals surface area contributed by atoms with E-state index in [1.54, 1.807) is 11.3 Å². The third-order valence-electron chi connectivity index (χ3n) is 2.18. The number of carbonyl (C=O) groups excluding carboxylic acids is 1. The van der Waals surface area contributed by atoms with Crippen molar-refractivity contribution in [2.24, 2.45) is 0 Å². The van der Waals surface area contributed by atoms with Crippen LogP contribution >= 0.6 is 0 Å². The van der Waals surface area contributed by atoms with E-state index >= 15 is 0 Å². The van der Waals surface area contributed by atoms with Crippen LogP contribution in [-0.2, 0) is 11.3 Å². The topological polar surface area (TPSA) is 57.5 Å². The van der Waals surface area contributed by atoms with Gasteiger partial charge in [-0.25, -0.2) is 5.01 Å². The van der Waals surface area contributed by atoms with Crippen LogP contribution < -0.4 is 10.7 Å². The lowest BCUT2D eigenvalue weighted by molar-refractivity contribution is -0.122. The molecular formula is C9H13N3O2. The monoisotopic (exact) mass is 195 g/mol. The lowest BCUT2D eigenvalue weighted by atomic mass is 10.3. The molecule has 0 radical (unpaired) electrons. The van der Waals surface area contributed by atoms with Crippen LogP contribution in [0.15, 0.2) is 22.8 Å². The lowest BCUT2D eigenvalue weighted by Crippen LogP contribution is -2.37. The zero-order valence-electron chi connectivity index (χ0n) is 7.99. The van der Waals surface area contributed by atoms with Crippen molar-refractivity contribution in [1.82, 2.24) is 15.8 Å². The molecule has 1 unspecified atom stereocenters. The summed E-state index contributed by atoms with van der Waals surface area (Å²) < 4.78 is 5.15. The number of hydrogen-bond acceptors (Lipinski definition) is 4. The van der Waals surface area contributed by atoms with E-state index in [1.807, 2.05) is 19.2 Å². The molecule has 5 nitrogen and oxygen atoms in total. The van der Waals surface area contributed by atoms with Crippen molar-refractivity contribution in [1.29, 1.82) is 0 Å². The largest absolute Gasteiger partial charge is 0.468 e. The predicted molar refractivity (Wildman–Crippen MR) is 50.1 cm³/mol. The Morgan fingerprint density at radius 1 is 1.79 bits per heavy atom. The van der Waals surface area contributed by atoms with E-state index in [0.29, 0.717) is 13.1 Å². The minimum absolute atomic E-state index is 0.0130. The Balaban J connectivity index is 1.84. The standard InChI is InChI=1S/C9H13N3O2/c1-12-6-8(9(13)11-12)10-5-7-3-2-4-14-7/h2-4,8,10H,5-6H2,1H3,(H,11,13). The van der Waals surface area contributed by atoms with Crippen LogP contribution in [0.2, 0.25) is 0 Å². The highest BCUT2D eigenvalue weighted by atomic mass is 16.3. The molecule has 0 bridgehead atoms. The fraction of sp³-hybridized carbons (Fsp3) is 0.444. The van der Waals surface area contributed by atoms with Crippen LogP contribution in [0.4, 0.5) is 0 Å². The normalized spacial score (nSPS) is 22.6. The Labute approximate surface area is 82.0 Å². The second kappa shape index (κ2) is 3.81. The molecule has 1 aliphatic rings. The SMILES string of the molecule is CN1CC(NCc2ccco2)C(=O)N1.